The summed E-state index contributed by atoms with van der Waals surface area (Å²) in [5, 5.41) is 11.6. The summed E-state index contributed by atoms with van der Waals surface area (Å²) >= 11 is 0. The number of hydrogen-bond donors (Lipinski definition) is 2. The van der Waals surface area contributed by atoms with Crippen LogP contribution in [0.5, 0.6) is 5.75 Å². The number of nitrogens with two attached hydrogens (primary N) is 1. The Kier molecular flexibility index (Phi) is 2.12. The molecule has 2 aromatic heterocycles. The van der Waals surface area contributed by atoms with Gasteiger partial charge < -0.3 is 19.7 Å². The maximum Gasteiger partial charge on any atom is 0.176 e. The summed E-state index contributed by atoms with van der Waals surface area (Å²) < 4.78 is 10.8. The van der Waals surface area contributed by atoms with Crippen molar-refractivity contribution >= 4 is 21.9 Å². The molecule has 3 N–H and O–H groups in total. The molecular formula is C13H13NO3. The highest BCUT2D eigenvalue weighted by Gasteiger charge is 2.21. The molecule has 3 rings (SSSR count). The lowest BCUT2D eigenvalue weighted by Crippen LogP contribution is -2.09. The van der Waals surface area contributed by atoms with E-state index in [0.29, 0.717) is 23.1 Å². The number of rotatable bonds is 2. The van der Waals surface area contributed by atoms with E-state index in [1.165, 1.54) is 0 Å². The molecule has 0 fully saturated rings. The van der Waals surface area contributed by atoms with Crippen LogP contribution in [0.3, 0.4) is 0 Å². The molecule has 1 atom stereocenters. The lowest BCUT2D eigenvalue weighted by Gasteiger charge is -2.11. The fourth-order valence-corrected chi connectivity index (χ4v) is 2.26. The molecule has 0 spiro atoms. The van der Waals surface area contributed by atoms with Crippen molar-refractivity contribution in [1.29, 1.82) is 0 Å². The van der Waals surface area contributed by atoms with Gasteiger partial charge in [0.25, 0.3) is 0 Å². The molecule has 0 saturated heterocycles. The summed E-state index contributed by atoms with van der Waals surface area (Å²) in [5.74, 6) is 0.270. The van der Waals surface area contributed by atoms with Crippen LogP contribution in [0.4, 0.5) is 0 Å². The van der Waals surface area contributed by atoms with Gasteiger partial charge in [0, 0.05) is 10.9 Å². The van der Waals surface area contributed by atoms with E-state index < -0.39 is 0 Å². The molecule has 0 aliphatic heterocycles. The van der Waals surface area contributed by atoms with Gasteiger partial charge in [0.05, 0.1) is 17.9 Å². The van der Waals surface area contributed by atoms with Gasteiger partial charge in [-0.3, -0.25) is 0 Å². The lowest BCUT2D eigenvalue weighted by molar-refractivity contribution is 0.470. The molecule has 0 saturated carbocycles. The molecule has 4 heteroatoms. The predicted octanol–water partition coefficient (Wildman–Crippen LogP) is 2.95. The molecule has 3 aromatic rings. The number of fused-ring (bicyclic) bond motifs is 2. The first-order chi connectivity index (χ1) is 8.24. The Labute approximate surface area is 97.6 Å². The highest BCUT2D eigenvalue weighted by Crippen LogP contribution is 2.41. The summed E-state index contributed by atoms with van der Waals surface area (Å²) in [6.45, 7) is 2.54. The van der Waals surface area contributed by atoms with Crippen LogP contribution in [-0.2, 0) is 0 Å². The van der Waals surface area contributed by atoms with Crippen LogP contribution in [0, 0.1) is 0 Å². The van der Waals surface area contributed by atoms with E-state index in [-0.39, 0.29) is 11.7 Å². The lowest BCUT2D eigenvalue weighted by atomic mass is 9.95. The molecule has 17 heavy (non-hydrogen) atoms. The van der Waals surface area contributed by atoms with Gasteiger partial charge in [-0.2, -0.15) is 0 Å². The van der Waals surface area contributed by atoms with Gasteiger partial charge in [-0.05, 0) is 24.6 Å². The first kappa shape index (κ1) is 10.2. The first-order valence-electron chi connectivity index (χ1n) is 5.53. The summed E-state index contributed by atoms with van der Waals surface area (Å²) in [5.41, 5.74) is 7.91. The van der Waals surface area contributed by atoms with E-state index in [2.05, 4.69) is 0 Å². The number of aromatic hydroxyl groups is 1. The van der Waals surface area contributed by atoms with Crippen LogP contribution >= 0.6 is 0 Å². The normalized spacial score (nSPS) is 13.5. The third-order valence-corrected chi connectivity index (χ3v) is 3.18. The Balaban J connectivity index is 2.52. The summed E-state index contributed by atoms with van der Waals surface area (Å²) in [7, 11) is 0. The smallest absolute Gasteiger partial charge is 0.176 e. The van der Waals surface area contributed by atoms with Gasteiger partial charge in [0.1, 0.15) is 5.58 Å². The van der Waals surface area contributed by atoms with E-state index in [0.717, 1.165) is 10.9 Å². The summed E-state index contributed by atoms with van der Waals surface area (Å²) in [6.07, 6.45) is 3.13. The second-order valence-electron chi connectivity index (χ2n) is 4.23. The average molecular weight is 231 g/mol. The Morgan fingerprint density at radius 2 is 1.82 bits per heavy atom. The number of furan rings is 2. The molecule has 2 heterocycles. The van der Waals surface area contributed by atoms with Crippen molar-refractivity contribution in [3.8, 4) is 5.75 Å². The Bertz CT molecular complexity index is 629. The number of phenolic OH excluding ortho intramolecular Hbond substituents is 1. The van der Waals surface area contributed by atoms with Crippen LogP contribution < -0.4 is 5.73 Å². The molecule has 4 nitrogen and oxygen atoms in total. The highest BCUT2D eigenvalue weighted by atomic mass is 16.4. The largest absolute Gasteiger partial charge is 0.504 e. The van der Waals surface area contributed by atoms with Gasteiger partial charge >= 0.3 is 0 Å². The van der Waals surface area contributed by atoms with Gasteiger partial charge in [-0.25, -0.2) is 0 Å². The van der Waals surface area contributed by atoms with Crippen LogP contribution in [-0.4, -0.2) is 11.7 Å². The standard InChI is InChI=1S/C13H13NO3/c1-7(6-14)10-8-2-4-17-13(8)11(15)9-3-5-16-12(9)10/h2-5,7,15H,6,14H2,1H3. The molecular weight excluding hydrogens is 218 g/mol. The zero-order valence-electron chi connectivity index (χ0n) is 9.43. The monoisotopic (exact) mass is 231 g/mol. The minimum Gasteiger partial charge on any atom is -0.504 e. The van der Waals surface area contributed by atoms with Crippen molar-refractivity contribution in [2.75, 3.05) is 6.54 Å². The summed E-state index contributed by atoms with van der Waals surface area (Å²) in [6, 6.07) is 3.57. The number of hydrogen-bond acceptors (Lipinski definition) is 4. The maximum atomic E-state index is 10.1. The first-order valence-corrected chi connectivity index (χ1v) is 5.53. The Morgan fingerprint density at radius 3 is 2.53 bits per heavy atom. The van der Waals surface area contributed by atoms with E-state index in [4.69, 9.17) is 14.6 Å². The van der Waals surface area contributed by atoms with Gasteiger partial charge in [0.2, 0.25) is 0 Å². The molecule has 0 aliphatic rings. The van der Waals surface area contributed by atoms with Crippen molar-refractivity contribution in [3.63, 3.8) is 0 Å². The topological polar surface area (TPSA) is 72.5 Å². The second kappa shape index (κ2) is 3.53. The minimum absolute atomic E-state index is 0.127. The van der Waals surface area contributed by atoms with Crippen molar-refractivity contribution in [3.05, 3.63) is 30.2 Å². The van der Waals surface area contributed by atoms with E-state index >= 15 is 0 Å². The summed E-state index contributed by atoms with van der Waals surface area (Å²) in [4.78, 5) is 0. The van der Waals surface area contributed by atoms with Crippen molar-refractivity contribution < 1.29 is 13.9 Å². The maximum absolute atomic E-state index is 10.1. The van der Waals surface area contributed by atoms with Gasteiger partial charge in [-0.15, -0.1) is 0 Å². The molecule has 0 aliphatic carbocycles. The highest BCUT2D eigenvalue weighted by molar-refractivity contribution is 6.04. The molecule has 88 valence electrons. The SMILES string of the molecule is CC(CN)c1c2ccoc2c(O)c2ccoc12. The van der Waals surface area contributed by atoms with Crippen LogP contribution in [0.15, 0.2) is 33.5 Å². The fourth-order valence-electron chi connectivity index (χ4n) is 2.26. The number of phenols is 1. The number of benzene rings is 1. The van der Waals surface area contributed by atoms with Gasteiger partial charge in [0.15, 0.2) is 11.3 Å². The third kappa shape index (κ3) is 1.27. The third-order valence-electron chi connectivity index (χ3n) is 3.18. The minimum atomic E-state index is 0.127. The molecule has 0 amide bonds. The molecule has 1 unspecified atom stereocenters. The van der Waals surface area contributed by atoms with E-state index in [1.54, 1.807) is 18.6 Å². The molecule has 1 aromatic carbocycles. The van der Waals surface area contributed by atoms with Crippen molar-refractivity contribution in [1.82, 2.24) is 0 Å². The zero-order chi connectivity index (χ0) is 12.0. The zero-order valence-corrected chi connectivity index (χ0v) is 9.43. The molecule has 0 bridgehead atoms. The van der Waals surface area contributed by atoms with Gasteiger partial charge in [-0.1, -0.05) is 6.92 Å². The Morgan fingerprint density at radius 1 is 1.18 bits per heavy atom. The van der Waals surface area contributed by atoms with Crippen molar-refractivity contribution in [2.45, 2.75) is 12.8 Å². The Hall–Kier alpha value is -1.94. The van der Waals surface area contributed by atoms with Crippen LogP contribution in [0.25, 0.3) is 21.9 Å². The molecule has 0 radical (unpaired) electrons. The predicted molar refractivity (Wildman–Crippen MR) is 65.1 cm³/mol. The van der Waals surface area contributed by atoms with Crippen LogP contribution in [0.2, 0.25) is 0 Å². The quantitative estimate of drug-likeness (QED) is 0.711. The second-order valence-corrected chi connectivity index (χ2v) is 4.23. The fraction of sp³-hybridized carbons (Fsp3) is 0.231. The average Bonchev–Trinajstić information content (AvgIpc) is 2.96. The van der Waals surface area contributed by atoms with E-state index in [1.807, 2.05) is 13.0 Å². The van der Waals surface area contributed by atoms with E-state index in [9.17, 15) is 5.11 Å². The van der Waals surface area contributed by atoms with Crippen molar-refractivity contribution in [2.24, 2.45) is 5.73 Å². The van der Waals surface area contributed by atoms with Crippen LogP contribution in [0.1, 0.15) is 18.4 Å².